The van der Waals surface area contributed by atoms with Gasteiger partial charge in [0.25, 0.3) is 0 Å². The molecule has 17 heavy (non-hydrogen) atoms. The highest BCUT2D eigenvalue weighted by molar-refractivity contribution is 5.87. The summed E-state index contributed by atoms with van der Waals surface area (Å²) in [6.07, 6.45) is 0.834. The molecule has 0 amide bonds. The van der Waals surface area contributed by atoms with Gasteiger partial charge in [-0.05, 0) is 30.0 Å². The number of Topliss-reactive ketones (excluding diaryl/α,β-unsaturated/α-hetero) is 1. The molecule has 0 aliphatic heterocycles. The fourth-order valence-corrected chi connectivity index (χ4v) is 2.03. The minimum atomic E-state index is -0.0953. The summed E-state index contributed by atoms with van der Waals surface area (Å²) in [5.41, 5.74) is 0.928. The molecule has 0 saturated carbocycles. The van der Waals surface area contributed by atoms with Gasteiger partial charge in [0.1, 0.15) is 11.5 Å². The van der Waals surface area contributed by atoms with Crippen molar-refractivity contribution < 1.29 is 9.90 Å². The highest BCUT2D eigenvalue weighted by atomic mass is 16.3. The molecule has 1 aromatic rings. The van der Waals surface area contributed by atoms with Crippen LogP contribution in [0.1, 0.15) is 45.6 Å². The molecule has 0 unspecified atom stereocenters. The lowest BCUT2D eigenvalue weighted by atomic mass is 9.83. The predicted octanol–water partition coefficient (Wildman–Crippen LogP) is 3.75. The van der Waals surface area contributed by atoms with Crippen LogP contribution in [0.2, 0.25) is 0 Å². The van der Waals surface area contributed by atoms with Crippen molar-refractivity contribution in [3.8, 4) is 5.75 Å². The summed E-state index contributed by atoms with van der Waals surface area (Å²) in [5, 5.41) is 9.51. The number of ketones is 1. The Hall–Kier alpha value is -1.31. The summed E-state index contributed by atoms with van der Waals surface area (Å²) in [4.78, 5) is 12.2. The number of phenolic OH excluding ortho intramolecular Hbond substituents is 1. The maximum absolute atomic E-state index is 12.2. The standard InChI is InChI=1S/C15H22O2/c1-10(2)8-14(15(17)11(3)4)12-6-5-7-13(16)9-12/h5-7,9-11,14,16H,8H2,1-4H3/t14-/m0/s1. The van der Waals surface area contributed by atoms with Gasteiger partial charge in [-0.3, -0.25) is 4.79 Å². The zero-order chi connectivity index (χ0) is 13.0. The monoisotopic (exact) mass is 234 g/mol. The number of hydrogen-bond donors (Lipinski definition) is 1. The fraction of sp³-hybridized carbons (Fsp3) is 0.533. The number of rotatable bonds is 5. The van der Waals surface area contributed by atoms with E-state index < -0.39 is 0 Å². The number of carbonyl (C=O) groups is 1. The molecule has 1 aromatic carbocycles. The van der Waals surface area contributed by atoms with Crippen LogP contribution in [-0.4, -0.2) is 10.9 Å². The van der Waals surface area contributed by atoms with Gasteiger partial charge in [0.05, 0.1) is 0 Å². The van der Waals surface area contributed by atoms with Crippen LogP contribution in [0.25, 0.3) is 0 Å². The Balaban J connectivity index is 3.01. The van der Waals surface area contributed by atoms with Gasteiger partial charge in [0.15, 0.2) is 0 Å². The minimum absolute atomic E-state index is 0.0288. The van der Waals surface area contributed by atoms with Crippen molar-refractivity contribution in [2.24, 2.45) is 11.8 Å². The van der Waals surface area contributed by atoms with E-state index in [4.69, 9.17) is 0 Å². The zero-order valence-corrected chi connectivity index (χ0v) is 11.1. The second kappa shape index (κ2) is 5.85. The number of aromatic hydroxyl groups is 1. The molecule has 1 N–H and O–H groups in total. The Morgan fingerprint density at radius 3 is 2.35 bits per heavy atom. The molecule has 0 radical (unpaired) electrons. The van der Waals surface area contributed by atoms with E-state index in [1.807, 2.05) is 19.9 Å². The summed E-state index contributed by atoms with van der Waals surface area (Å²) in [5.74, 6) is 0.880. The first kappa shape index (κ1) is 13.8. The molecule has 0 fully saturated rings. The summed E-state index contributed by atoms with van der Waals surface area (Å²) < 4.78 is 0. The van der Waals surface area contributed by atoms with Crippen molar-refractivity contribution in [3.05, 3.63) is 29.8 Å². The summed E-state index contributed by atoms with van der Waals surface area (Å²) >= 11 is 0. The largest absolute Gasteiger partial charge is 0.508 e. The van der Waals surface area contributed by atoms with Gasteiger partial charge in [-0.15, -0.1) is 0 Å². The van der Waals surface area contributed by atoms with Crippen molar-refractivity contribution >= 4 is 5.78 Å². The Morgan fingerprint density at radius 1 is 1.24 bits per heavy atom. The molecule has 0 heterocycles. The molecular weight excluding hydrogens is 212 g/mol. The van der Waals surface area contributed by atoms with Crippen LogP contribution in [0.15, 0.2) is 24.3 Å². The molecule has 2 nitrogen and oxygen atoms in total. The highest BCUT2D eigenvalue weighted by Gasteiger charge is 2.24. The van der Waals surface area contributed by atoms with E-state index in [0.29, 0.717) is 5.92 Å². The fourth-order valence-electron chi connectivity index (χ4n) is 2.03. The van der Waals surface area contributed by atoms with E-state index in [-0.39, 0.29) is 23.4 Å². The van der Waals surface area contributed by atoms with Crippen LogP contribution < -0.4 is 0 Å². The van der Waals surface area contributed by atoms with Gasteiger partial charge in [0.2, 0.25) is 0 Å². The molecule has 94 valence electrons. The number of hydrogen-bond acceptors (Lipinski definition) is 2. The minimum Gasteiger partial charge on any atom is -0.508 e. The second-order valence-corrected chi connectivity index (χ2v) is 5.33. The third-order valence-corrected chi connectivity index (χ3v) is 2.89. The van der Waals surface area contributed by atoms with Crippen molar-refractivity contribution in [3.63, 3.8) is 0 Å². The van der Waals surface area contributed by atoms with Crippen LogP contribution in [-0.2, 0) is 4.79 Å². The summed E-state index contributed by atoms with van der Waals surface area (Å²) in [6, 6.07) is 7.06. The van der Waals surface area contributed by atoms with E-state index in [2.05, 4.69) is 13.8 Å². The Labute approximate surface area is 104 Å². The van der Waals surface area contributed by atoms with Crippen LogP contribution >= 0.6 is 0 Å². The molecule has 2 heteroatoms. The first-order chi connectivity index (χ1) is 7.91. The van der Waals surface area contributed by atoms with E-state index in [1.54, 1.807) is 18.2 Å². The van der Waals surface area contributed by atoms with E-state index >= 15 is 0 Å². The van der Waals surface area contributed by atoms with Crippen molar-refractivity contribution in [2.45, 2.75) is 40.0 Å². The van der Waals surface area contributed by atoms with Gasteiger partial charge < -0.3 is 5.11 Å². The van der Waals surface area contributed by atoms with Crippen LogP contribution in [0, 0.1) is 11.8 Å². The molecule has 0 aromatic heterocycles. The SMILES string of the molecule is CC(C)C[C@H](C(=O)C(C)C)c1cccc(O)c1. The van der Waals surface area contributed by atoms with Crippen LogP contribution in [0.5, 0.6) is 5.75 Å². The lowest BCUT2D eigenvalue weighted by Crippen LogP contribution is -2.19. The molecule has 0 aliphatic carbocycles. The number of benzene rings is 1. The quantitative estimate of drug-likeness (QED) is 0.842. The Bertz CT molecular complexity index is 380. The molecule has 1 rings (SSSR count). The predicted molar refractivity (Wildman–Crippen MR) is 70.1 cm³/mol. The molecular formula is C15H22O2. The lowest BCUT2D eigenvalue weighted by molar-refractivity contribution is -0.123. The Morgan fingerprint density at radius 2 is 1.88 bits per heavy atom. The van der Waals surface area contributed by atoms with Crippen molar-refractivity contribution in [1.82, 2.24) is 0 Å². The smallest absolute Gasteiger partial charge is 0.142 e. The van der Waals surface area contributed by atoms with Gasteiger partial charge in [0, 0.05) is 11.8 Å². The Kier molecular flexibility index (Phi) is 4.73. The second-order valence-electron chi connectivity index (χ2n) is 5.33. The van der Waals surface area contributed by atoms with E-state index in [1.165, 1.54) is 0 Å². The maximum atomic E-state index is 12.2. The highest BCUT2D eigenvalue weighted by Crippen LogP contribution is 2.29. The summed E-state index contributed by atoms with van der Waals surface area (Å²) in [6.45, 7) is 8.09. The van der Waals surface area contributed by atoms with Crippen molar-refractivity contribution in [1.29, 1.82) is 0 Å². The first-order valence-corrected chi connectivity index (χ1v) is 6.24. The topological polar surface area (TPSA) is 37.3 Å². The van der Waals surface area contributed by atoms with E-state index in [9.17, 15) is 9.90 Å². The third-order valence-electron chi connectivity index (χ3n) is 2.89. The molecule has 0 spiro atoms. The maximum Gasteiger partial charge on any atom is 0.142 e. The molecule has 0 bridgehead atoms. The lowest BCUT2D eigenvalue weighted by Gasteiger charge is -2.20. The summed E-state index contributed by atoms with van der Waals surface area (Å²) in [7, 11) is 0. The average molecular weight is 234 g/mol. The zero-order valence-electron chi connectivity index (χ0n) is 11.1. The van der Waals surface area contributed by atoms with Gasteiger partial charge in [-0.2, -0.15) is 0 Å². The third kappa shape index (κ3) is 3.88. The number of carbonyl (C=O) groups excluding carboxylic acids is 1. The first-order valence-electron chi connectivity index (χ1n) is 6.24. The normalized spacial score (nSPS) is 13.1. The molecule has 0 saturated heterocycles. The number of phenols is 1. The van der Waals surface area contributed by atoms with Crippen LogP contribution in [0.3, 0.4) is 0 Å². The van der Waals surface area contributed by atoms with Crippen LogP contribution in [0.4, 0.5) is 0 Å². The van der Waals surface area contributed by atoms with Gasteiger partial charge in [-0.25, -0.2) is 0 Å². The van der Waals surface area contributed by atoms with Gasteiger partial charge >= 0.3 is 0 Å². The average Bonchev–Trinajstić information content (AvgIpc) is 2.24. The molecule has 0 aliphatic rings. The van der Waals surface area contributed by atoms with Gasteiger partial charge in [-0.1, -0.05) is 39.8 Å². The van der Waals surface area contributed by atoms with E-state index in [0.717, 1.165) is 12.0 Å². The molecule has 1 atom stereocenters. The van der Waals surface area contributed by atoms with Crippen molar-refractivity contribution in [2.75, 3.05) is 0 Å².